The number of urea groups is 1. The number of benzene rings is 1. The number of hydrogen-bond acceptors (Lipinski definition) is 5. The van der Waals surface area contributed by atoms with E-state index in [1.165, 1.54) is 0 Å². The third-order valence-electron chi connectivity index (χ3n) is 5.41. The van der Waals surface area contributed by atoms with Gasteiger partial charge in [0.2, 0.25) is 5.91 Å². The van der Waals surface area contributed by atoms with Crippen molar-refractivity contribution in [3.63, 3.8) is 0 Å². The smallest absolute Gasteiger partial charge is 0.325 e. The molecule has 1 aromatic carbocycles. The fourth-order valence-corrected chi connectivity index (χ4v) is 3.55. The number of nitrogens with one attached hydrogen (secondary N) is 2. The number of imide groups is 1. The molecule has 4 rings (SSSR count). The molecular weight excluding hydrogens is 350 g/mol. The Morgan fingerprint density at radius 2 is 2.00 bits per heavy atom. The first kappa shape index (κ1) is 17.6. The predicted molar refractivity (Wildman–Crippen MR) is 95.4 cm³/mol. The maximum atomic E-state index is 13.0. The van der Waals surface area contributed by atoms with Crippen molar-refractivity contribution in [2.24, 2.45) is 5.92 Å². The number of carbonyl (C=O) groups excluding carboxylic acids is 3. The molecule has 0 bridgehead atoms. The molecule has 1 saturated heterocycles. The molecular formula is C19H23N3O5. The molecule has 2 aliphatic heterocycles. The van der Waals surface area contributed by atoms with Gasteiger partial charge in [0, 0.05) is 6.04 Å². The van der Waals surface area contributed by atoms with Crippen molar-refractivity contribution in [3.8, 4) is 11.5 Å². The van der Waals surface area contributed by atoms with E-state index in [2.05, 4.69) is 10.6 Å². The van der Waals surface area contributed by atoms with Crippen LogP contribution in [-0.2, 0) is 15.1 Å². The van der Waals surface area contributed by atoms with Gasteiger partial charge in [-0.15, -0.1) is 0 Å². The van der Waals surface area contributed by atoms with Gasteiger partial charge in [0.05, 0.1) is 0 Å². The lowest BCUT2D eigenvalue weighted by Gasteiger charge is -2.25. The van der Waals surface area contributed by atoms with E-state index in [9.17, 15) is 14.4 Å². The fourth-order valence-electron chi connectivity index (χ4n) is 3.55. The maximum Gasteiger partial charge on any atom is 0.325 e. The van der Waals surface area contributed by atoms with Gasteiger partial charge >= 0.3 is 6.03 Å². The number of ether oxygens (including phenoxy) is 2. The van der Waals surface area contributed by atoms with E-state index >= 15 is 0 Å². The van der Waals surface area contributed by atoms with Crippen LogP contribution >= 0.6 is 0 Å². The molecule has 1 aromatic rings. The predicted octanol–water partition coefficient (Wildman–Crippen LogP) is 1.14. The van der Waals surface area contributed by atoms with Crippen molar-refractivity contribution in [2.75, 3.05) is 19.8 Å². The first-order chi connectivity index (χ1) is 12.9. The van der Waals surface area contributed by atoms with Crippen LogP contribution in [0.1, 0.15) is 32.3 Å². The molecule has 8 nitrogen and oxygen atoms in total. The van der Waals surface area contributed by atoms with Crippen LogP contribution in [0, 0.1) is 5.92 Å². The normalized spacial score (nSPS) is 25.2. The molecule has 0 radical (unpaired) electrons. The fraction of sp³-hybridized carbons (Fsp3) is 0.526. The molecule has 0 unspecified atom stereocenters. The molecule has 1 aliphatic carbocycles. The van der Waals surface area contributed by atoms with Crippen LogP contribution in [0.4, 0.5) is 4.79 Å². The summed E-state index contributed by atoms with van der Waals surface area (Å²) in [6.45, 7) is 4.19. The van der Waals surface area contributed by atoms with Gasteiger partial charge < -0.3 is 20.1 Å². The topological polar surface area (TPSA) is 97.0 Å². The Hall–Kier alpha value is -2.77. The van der Waals surface area contributed by atoms with Crippen LogP contribution < -0.4 is 20.1 Å². The summed E-state index contributed by atoms with van der Waals surface area (Å²) < 4.78 is 11.1. The van der Waals surface area contributed by atoms with E-state index in [4.69, 9.17) is 9.47 Å². The molecule has 2 heterocycles. The van der Waals surface area contributed by atoms with Gasteiger partial charge in [-0.1, -0.05) is 6.07 Å². The quantitative estimate of drug-likeness (QED) is 0.755. The Morgan fingerprint density at radius 1 is 1.30 bits per heavy atom. The van der Waals surface area contributed by atoms with E-state index in [0.717, 1.165) is 17.7 Å². The van der Waals surface area contributed by atoms with Gasteiger partial charge in [-0.05, 0) is 50.3 Å². The summed E-state index contributed by atoms with van der Waals surface area (Å²) in [5, 5.41) is 5.58. The molecule has 4 amide bonds. The molecule has 1 saturated carbocycles. The lowest BCUT2D eigenvalue weighted by molar-refractivity contribution is -0.135. The standard InChI is InChI=1S/C19H23N3O5/c1-11(12-3-4-12)20-16(23)10-22-17(24)19(2,21-18(22)25)13-5-6-14-15(9-13)27-8-7-26-14/h5-6,9,11-12H,3-4,7-8,10H2,1-2H3,(H,20,23)(H,21,25)/t11-,19-/m0/s1. The minimum absolute atomic E-state index is 0.0578. The second kappa shape index (κ2) is 6.44. The van der Waals surface area contributed by atoms with Gasteiger partial charge in [-0.25, -0.2) is 4.79 Å². The Labute approximate surface area is 157 Å². The van der Waals surface area contributed by atoms with Crippen molar-refractivity contribution in [1.29, 1.82) is 0 Å². The average Bonchev–Trinajstić information content (AvgIpc) is 3.47. The largest absolute Gasteiger partial charge is 0.486 e. The zero-order valence-corrected chi connectivity index (χ0v) is 15.4. The highest BCUT2D eigenvalue weighted by molar-refractivity contribution is 6.09. The highest BCUT2D eigenvalue weighted by atomic mass is 16.6. The minimum atomic E-state index is -1.25. The van der Waals surface area contributed by atoms with Crippen LogP contribution in [0.3, 0.4) is 0 Å². The van der Waals surface area contributed by atoms with Gasteiger partial charge in [0.1, 0.15) is 25.3 Å². The molecule has 2 atom stereocenters. The van der Waals surface area contributed by atoms with Crippen LogP contribution in [0.2, 0.25) is 0 Å². The summed E-state index contributed by atoms with van der Waals surface area (Å²) in [6, 6.07) is 4.63. The van der Waals surface area contributed by atoms with Crippen LogP contribution in [-0.4, -0.2) is 48.5 Å². The first-order valence-corrected chi connectivity index (χ1v) is 9.22. The van der Waals surface area contributed by atoms with E-state index in [1.54, 1.807) is 25.1 Å². The SMILES string of the molecule is C[C@H](NC(=O)CN1C(=O)N[C@@](C)(c2ccc3c(c2)OCCO3)C1=O)C1CC1. The summed E-state index contributed by atoms with van der Waals surface area (Å²) in [6.07, 6.45) is 2.21. The second-order valence-corrected chi connectivity index (χ2v) is 7.50. The van der Waals surface area contributed by atoms with Crippen LogP contribution in [0.15, 0.2) is 18.2 Å². The Morgan fingerprint density at radius 3 is 2.70 bits per heavy atom. The third-order valence-corrected chi connectivity index (χ3v) is 5.41. The maximum absolute atomic E-state index is 13.0. The van der Waals surface area contributed by atoms with E-state index < -0.39 is 17.5 Å². The number of amides is 4. The minimum Gasteiger partial charge on any atom is -0.486 e. The Bertz CT molecular complexity index is 807. The lowest BCUT2D eigenvalue weighted by Crippen LogP contribution is -2.45. The van der Waals surface area contributed by atoms with Crippen molar-refractivity contribution in [2.45, 2.75) is 38.3 Å². The van der Waals surface area contributed by atoms with Crippen molar-refractivity contribution in [1.82, 2.24) is 15.5 Å². The second-order valence-electron chi connectivity index (χ2n) is 7.50. The first-order valence-electron chi connectivity index (χ1n) is 9.22. The van der Waals surface area contributed by atoms with Gasteiger partial charge in [0.25, 0.3) is 5.91 Å². The van der Waals surface area contributed by atoms with Crippen molar-refractivity contribution in [3.05, 3.63) is 23.8 Å². The molecule has 144 valence electrons. The summed E-state index contributed by atoms with van der Waals surface area (Å²) >= 11 is 0. The number of fused-ring (bicyclic) bond motifs is 1. The Balaban J connectivity index is 1.50. The van der Waals surface area contributed by atoms with Crippen molar-refractivity contribution >= 4 is 17.8 Å². The molecule has 27 heavy (non-hydrogen) atoms. The highest BCUT2D eigenvalue weighted by Crippen LogP contribution is 2.37. The zero-order chi connectivity index (χ0) is 19.2. The third kappa shape index (κ3) is 3.20. The molecule has 0 aromatic heterocycles. The summed E-state index contributed by atoms with van der Waals surface area (Å²) in [5.74, 6) is 0.856. The Kier molecular flexibility index (Phi) is 4.20. The number of rotatable bonds is 5. The van der Waals surface area contributed by atoms with E-state index in [1.807, 2.05) is 6.92 Å². The van der Waals surface area contributed by atoms with Gasteiger partial charge in [0.15, 0.2) is 11.5 Å². The average molecular weight is 373 g/mol. The van der Waals surface area contributed by atoms with Crippen LogP contribution in [0.5, 0.6) is 11.5 Å². The van der Waals surface area contributed by atoms with E-state index in [-0.39, 0.29) is 18.5 Å². The van der Waals surface area contributed by atoms with E-state index in [0.29, 0.717) is 36.2 Å². The summed E-state index contributed by atoms with van der Waals surface area (Å²) in [4.78, 5) is 38.6. The molecule has 8 heteroatoms. The molecule has 2 fully saturated rings. The lowest BCUT2D eigenvalue weighted by atomic mass is 9.91. The highest BCUT2D eigenvalue weighted by Gasteiger charge is 2.50. The molecule has 3 aliphatic rings. The summed E-state index contributed by atoms with van der Waals surface area (Å²) in [7, 11) is 0. The van der Waals surface area contributed by atoms with Gasteiger partial charge in [-0.3, -0.25) is 14.5 Å². The number of nitrogens with zero attached hydrogens (tertiary/aromatic N) is 1. The zero-order valence-electron chi connectivity index (χ0n) is 15.4. The van der Waals surface area contributed by atoms with Gasteiger partial charge in [-0.2, -0.15) is 0 Å². The monoisotopic (exact) mass is 373 g/mol. The van der Waals surface area contributed by atoms with Crippen LogP contribution in [0.25, 0.3) is 0 Å². The number of hydrogen-bond donors (Lipinski definition) is 2. The number of carbonyl (C=O) groups is 3. The molecule has 0 spiro atoms. The van der Waals surface area contributed by atoms with Crippen molar-refractivity contribution < 1.29 is 23.9 Å². The molecule has 2 N–H and O–H groups in total. The summed E-state index contributed by atoms with van der Waals surface area (Å²) in [5.41, 5.74) is -0.672.